The summed E-state index contributed by atoms with van der Waals surface area (Å²) >= 11 is 7.32. The lowest BCUT2D eigenvalue weighted by atomic mass is 9.81. The Bertz CT molecular complexity index is 839. The number of imide groups is 1. The molecule has 1 aliphatic heterocycles. The lowest BCUT2D eigenvalue weighted by Gasteiger charge is -2.28. The number of Topliss-reactive ketones (excluding diaryl/α,β-unsaturated/α-hetero) is 1. The van der Waals surface area contributed by atoms with Crippen LogP contribution >= 0.6 is 31.9 Å². The number of hydrogen-bond acceptors (Lipinski definition) is 4. The minimum atomic E-state index is -0.889. The van der Waals surface area contributed by atoms with Crippen LogP contribution in [-0.2, 0) is 14.4 Å². The van der Waals surface area contributed by atoms with Gasteiger partial charge in [-0.25, -0.2) is 0 Å². The number of ketones is 1. The van der Waals surface area contributed by atoms with E-state index in [9.17, 15) is 19.2 Å². The van der Waals surface area contributed by atoms with Gasteiger partial charge in [0.25, 0.3) is 0 Å². The van der Waals surface area contributed by atoms with E-state index in [1.807, 2.05) is 0 Å². The first kappa shape index (κ1) is 19.8. The van der Waals surface area contributed by atoms with Crippen molar-refractivity contribution in [2.45, 2.75) is 36.0 Å². The second-order valence-corrected chi connectivity index (χ2v) is 9.96. The topological polar surface area (TPSA) is 83.6 Å². The van der Waals surface area contributed by atoms with Crippen LogP contribution in [0.25, 0.3) is 0 Å². The lowest BCUT2D eigenvalue weighted by molar-refractivity contribution is -0.146. The van der Waals surface area contributed by atoms with E-state index in [0.29, 0.717) is 11.3 Å². The fourth-order valence-corrected chi connectivity index (χ4v) is 6.78. The van der Waals surface area contributed by atoms with E-state index >= 15 is 0 Å². The summed E-state index contributed by atoms with van der Waals surface area (Å²) in [4.78, 5) is 51.6. The maximum atomic E-state index is 13.0. The molecule has 0 aromatic heterocycles. The highest BCUT2D eigenvalue weighted by molar-refractivity contribution is 9.12. The lowest BCUT2D eigenvalue weighted by Crippen LogP contribution is -2.46. The van der Waals surface area contributed by atoms with Gasteiger partial charge in [-0.05, 0) is 56.4 Å². The molecule has 0 unspecified atom stereocenters. The van der Waals surface area contributed by atoms with Crippen molar-refractivity contribution in [1.29, 1.82) is 0 Å². The van der Waals surface area contributed by atoms with Crippen LogP contribution < -0.4 is 5.32 Å². The molecule has 1 aromatic carbocycles. The molecular weight excluding hydrogens is 492 g/mol. The van der Waals surface area contributed by atoms with Gasteiger partial charge in [-0.1, -0.05) is 31.9 Å². The molecule has 1 aromatic rings. The summed E-state index contributed by atoms with van der Waals surface area (Å²) in [6, 6.07) is 5.63. The van der Waals surface area contributed by atoms with Crippen molar-refractivity contribution in [3.05, 3.63) is 29.8 Å². The Morgan fingerprint density at radius 3 is 2.00 bits per heavy atom. The van der Waals surface area contributed by atoms with Gasteiger partial charge in [0.1, 0.15) is 6.04 Å². The Balaban J connectivity index is 1.50. The van der Waals surface area contributed by atoms with E-state index in [4.69, 9.17) is 0 Å². The summed E-state index contributed by atoms with van der Waals surface area (Å²) in [7, 11) is 0. The number of carbonyl (C=O) groups excluding carboxylic acids is 4. The van der Waals surface area contributed by atoms with Crippen molar-refractivity contribution >= 4 is 61.1 Å². The van der Waals surface area contributed by atoms with Crippen LogP contribution in [0.15, 0.2) is 24.3 Å². The molecule has 2 saturated carbocycles. The van der Waals surface area contributed by atoms with Gasteiger partial charge in [-0.3, -0.25) is 24.1 Å². The van der Waals surface area contributed by atoms with Crippen molar-refractivity contribution in [2.24, 2.45) is 23.7 Å². The van der Waals surface area contributed by atoms with Crippen molar-refractivity contribution in [1.82, 2.24) is 4.90 Å². The summed E-state index contributed by atoms with van der Waals surface area (Å²) in [5, 5.41) is 2.73. The predicted molar refractivity (Wildman–Crippen MR) is 110 cm³/mol. The zero-order valence-electron chi connectivity index (χ0n) is 15.4. The molecule has 7 atom stereocenters. The summed E-state index contributed by atoms with van der Waals surface area (Å²) in [5.74, 6) is -1.37. The van der Waals surface area contributed by atoms with Crippen molar-refractivity contribution in [3.8, 4) is 0 Å². The minimum absolute atomic E-state index is 0.0594. The summed E-state index contributed by atoms with van der Waals surface area (Å²) < 4.78 is 0. The van der Waals surface area contributed by atoms with E-state index in [2.05, 4.69) is 37.2 Å². The number of nitrogens with zero attached hydrogens (tertiary/aromatic N) is 1. The van der Waals surface area contributed by atoms with Crippen LogP contribution in [-0.4, -0.2) is 44.1 Å². The molecule has 2 aliphatic carbocycles. The number of hydrogen-bond donors (Lipinski definition) is 1. The predicted octanol–water partition coefficient (Wildman–Crippen LogP) is 2.99. The van der Waals surface area contributed by atoms with Gasteiger partial charge in [0, 0.05) is 20.9 Å². The van der Waals surface area contributed by atoms with Crippen LogP contribution in [0.1, 0.15) is 30.6 Å². The number of alkyl halides is 2. The van der Waals surface area contributed by atoms with Crippen LogP contribution in [0.5, 0.6) is 0 Å². The number of rotatable bonds is 4. The molecule has 6 nitrogen and oxygen atoms in total. The first-order valence-corrected chi connectivity index (χ1v) is 11.1. The molecule has 8 heteroatoms. The minimum Gasteiger partial charge on any atom is -0.324 e. The third-order valence-electron chi connectivity index (χ3n) is 6.35. The fraction of sp³-hybridized carbons (Fsp3) is 0.500. The zero-order chi connectivity index (χ0) is 20.3. The molecule has 4 rings (SSSR count). The Kier molecular flexibility index (Phi) is 4.98. The molecule has 1 heterocycles. The Morgan fingerprint density at radius 1 is 1.04 bits per heavy atom. The highest BCUT2D eigenvalue weighted by Crippen LogP contribution is 2.60. The van der Waals surface area contributed by atoms with Crippen molar-refractivity contribution in [2.75, 3.05) is 5.32 Å². The maximum absolute atomic E-state index is 13.0. The Morgan fingerprint density at radius 2 is 1.54 bits per heavy atom. The van der Waals surface area contributed by atoms with E-state index in [-0.39, 0.29) is 50.9 Å². The first-order valence-electron chi connectivity index (χ1n) is 9.29. The molecule has 3 amide bonds. The monoisotopic (exact) mass is 510 g/mol. The smallest absolute Gasteiger partial charge is 0.247 e. The summed E-state index contributed by atoms with van der Waals surface area (Å²) in [6.07, 6.45) is 0.857. The van der Waals surface area contributed by atoms with Gasteiger partial charge >= 0.3 is 0 Å². The SMILES string of the molecule is CC(=O)c1ccc(NC(=O)[C@H](C)N2C(=O)[C@H]3[C@@H]4C[C@H]([C@@H](Br)[C@H]4Br)[C@@H]3C2=O)cc1. The second kappa shape index (κ2) is 7.06. The maximum Gasteiger partial charge on any atom is 0.247 e. The number of amides is 3. The van der Waals surface area contributed by atoms with E-state index in [1.165, 1.54) is 6.92 Å². The van der Waals surface area contributed by atoms with E-state index in [0.717, 1.165) is 11.3 Å². The van der Waals surface area contributed by atoms with Crippen LogP contribution in [0.3, 0.4) is 0 Å². The molecular formula is C20H20Br2N2O4. The number of benzene rings is 1. The molecule has 1 N–H and O–H groups in total. The number of halogens is 2. The third-order valence-corrected chi connectivity index (χ3v) is 9.55. The zero-order valence-corrected chi connectivity index (χ0v) is 18.6. The summed E-state index contributed by atoms with van der Waals surface area (Å²) in [5.41, 5.74) is 1.06. The number of carbonyl (C=O) groups is 4. The Labute approximate surface area is 179 Å². The highest BCUT2D eigenvalue weighted by Gasteiger charge is 2.67. The summed E-state index contributed by atoms with van der Waals surface area (Å²) in [6.45, 7) is 3.05. The molecule has 0 radical (unpaired) electrons. The molecule has 3 aliphatic rings. The average Bonchev–Trinajstić information content (AvgIpc) is 3.26. The van der Waals surface area contributed by atoms with Crippen molar-refractivity contribution in [3.63, 3.8) is 0 Å². The molecule has 2 bridgehead atoms. The van der Waals surface area contributed by atoms with Gasteiger partial charge < -0.3 is 5.32 Å². The van der Waals surface area contributed by atoms with Crippen LogP contribution in [0.4, 0.5) is 5.69 Å². The Hall–Kier alpha value is -1.54. The van der Waals surface area contributed by atoms with Gasteiger partial charge in [-0.2, -0.15) is 0 Å². The van der Waals surface area contributed by atoms with Crippen LogP contribution in [0, 0.1) is 23.7 Å². The van der Waals surface area contributed by atoms with Gasteiger partial charge in [0.05, 0.1) is 11.8 Å². The van der Waals surface area contributed by atoms with Crippen molar-refractivity contribution < 1.29 is 19.2 Å². The molecule has 3 fully saturated rings. The van der Waals surface area contributed by atoms with E-state index in [1.54, 1.807) is 31.2 Å². The number of anilines is 1. The number of likely N-dealkylation sites (tertiary alicyclic amines) is 1. The average molecular weight is 512 g/mol. The highest BCUT2D eigenvalue weighted by atomic mass is 79.9. The normalized spacial score (nSPS) is 34.5. The largest absolute Gasteiger partial charge is 0.324 e. The van der Waals surface area contributed by atoms with Gasteiger partial charge in [0.15, 0.2) is 5.78 Å². The van der Waals surface area contributed by atoms with E-state index < -0.39 is 11.9 Å². The molecule has 28 heavy (non-hydrogen) atoms. The quantitative estimate of drug-likeness (QED) is 0.382. The van der Waals surface area contributed by atoms with Gasteiger partial charge in [0.2, 0.25) is 17.7 Å². The number of nitrogens with one attached hydrogen (secondary N) is 1. The second-order valence-electron chi connectivity index (χ2n) is 7.85. The molecule has 0 spiro atoms. The standard InChI is InChI=1S/C20H20Br2N2O4/c1-8(18(26)23-11-5-3-10(4-6-11)9(2)25)24-19(27)14-12-7-13(15(14)20(24)28)17(22)16(12)21/h3-6,8,12-17H,7H2,1-2H3,(H,23,26)/t8-,12-,13-,14-,15-,16-,17+/m0/s1. The fourth-order valence-electron chi connectivity index (χ4n) is 4.91. The number of fused-ring (bicyclic) bond motifs is 5. The first-order chi connectivity index (χ1) is 13.2. The molecule has 148 valence electrons. The third kappa shape index (κ3) is 2.87. The molecule has 1 saturated heterocycles. The van der Waals surface area contributed by atoms with Gasteiger partial charge in [-0.15, -0.1) is 0 Å². The van der Waals surface area contributed by atoms with Crippen LogP contribution in [0.2, 0.25) is 0 Å².